The van der Waals surface area contributed by atoms with E-state index in [-0.39, 0.29) is 89.1 Å². The highest BCUT2D eigenvalue weighted by atomic mass is 32.2. The zero-order valence-corrected chi connectivity index (χ0v) is 86.4. The maximum atomic E-state index is 16.1. The number of nitrogens with two attached hydrogens (primary N) is 3. The van der Waals surface area contributed by atoms with Crippen molar-refractivity contribution in [3.63, 3.8) is 0 Å². The van der Waals surface area contributed by atoms with Crippen LogP contribution < -0.4 is 90.5 Å². The molecule has 3 aliphatic heterocycles. The van der Waals surface area contributed by atoms with E-state index >= 15 is 47.9 Å². The number of phenols is 1. The number of rotatable bonds is 31. The molecule has 9 rings (SSSR count). The fraction of sp³-hybridized carbons (Fsp3) is 0.535. The molecule has 4 aromatic carbocycles. The molecule has 3 aliphatic rings. The van der Waals surface area contributed by atoms with Gasteiger partial charge < -0.3 is 140 Å². The largest absolute Gasteiger partial charge is 0.508 e. The number of unbranched alkanes of at least 4 members (excludes halogenated alkanes) is 2. The second-order valence-corrected chi connectivity index (χ2v) is 39.3. The van der Waals surface area contributed by atoms with Crippen molar-refractivity contribution >= 4 is 146 Å². The van der Waals surface area contributed by atoms with Crippen molar-refractivity contribution < 1.29 is 116 Å². The summed E-state index contributed by atoms with van der Waals surface area (Å²) in [5, 5.41) is 65.1. The predicted molar refractivity (Wildman–Crippen MR) is 545 cm³/mol. The number of nitrogens with zero attached hydrogens (tertiary/aromatic N) is 6. The third-order valence-corrected chi connectivity index (χ3v) is 27.3. The number of amides is 19. The van der Waals surface area contributed by atoms with E-state index in [1.165, 1.54) is 77.3 Å². The van der Waals surface area contributed by atoms with Gasteiger partial charge in [0.2, 0.25) is 100 Å². The molecular weight excluding hydrogens is 1940 g/mol. The Morgan fingerprint density at radius 2 is 1.12 bits per heavy atom. The van der Waals surface area contributed by atoms with Gasteiger partial charge in [0.25, 0.3) is 0 Å². The van der Waals surface area contributed by atoms with Crippen molar-refractivity contribution in [3.05, 3.63) is 126 Å². The number of carbonyl (C=O) groups excluding carboxylic acids is 18. The molecule has 3 fully saturated rings. The van der Waals surface area contributed by atoms with Gasteiger partial charge in [-0.1, -0.05) is 116 Å². The number of carboxylic acids is 1. The average molecular weight is 2080 g/mol. The summed E-state index contributed by atoms with van der Waals surface area (Å²) >= 11 is 0.772. The van der Waals surface area contributed by atoms with Gasteiger partial charge in [0.15, 0.2) is 0 Å². The first-order chi connectivity index (χ1) is 70.4. The summed E-state index contributed by atoms with van der Waals surface area (Å²) in [5.41, 5.74) is 20.2. The molecule has 0 aliphatic carbocycles. The first-order valence-electron chi connectivity index (χ1n) is 49.7. The van der Waals surface area contributed by atoms with E-state index in [4.69, 9.17) is 26.7 Å². The number of aliphatic carboxylic acids is 1. The van der Waals surface area contributed by atoms with E-state index in [2.05, 4.69) is 68.8 Å². The quantitative estimate of drug-likeness (QED) is 0.0256. The maximum Gasteiger partial charge on any atom is 0.323 e. The standard InChI is InChI=1S/C101H142N22O24S/c1-13-15-25-78-93(137)111-69(38-55(3)4)90(134)117-76(88(132)106-49-84(104)127)53-148-54-85(128)109-72(40-58-29-32-62(124)33-30-58)96(140)118(8)57(7)87(131)113-74(45-83(103)126)98(142)122-37-21-28-79(122)94(138)116-75(48-108-101(145)107-46-59-31-34-64(146-11)44-82(59)147-12)92(136)114-71(39-56(5)6)99(143)123-51-63(125)43-81(123)95(139)112-70(41-60-47-105-67-24-19-17-22-65(60)67)91(135)110-68(35-36-102)89(133)115-73(97(141)120(10)80(26-16-14-2)100(144)119(78)9)42-61-50-121(52-86(129)130)77-27-20-18-23-66(61)77/h17-20,22-24,27,29-34,44,47,50,55-57,63,68-76,78-81,105,124-125H,13-16,21,25-26,28,35-43,45-46,48-49,51-54,102H2,1-12H3,(H2,103,126)(H2,104,127)(H,106,132)(H,109,128)(H,110,135)(H,111,137)(H,112,139)(H,113,131)(H,114,136)(H,115,133)(H,116,138)(H,117,134)(H,129,130)(H2,107,108,145)/t57-,63+,68-,69-,70-,71-,72-,73-,74-,75-,76-,78-,79-,80-,81-/m0/s1. The molecule has 806 valence electrons. The van der Waals surface area contributed by atoms with Crippen LogP contribution in [0, 0.1) is 11.8 Å². The highest BCUT2D eigenvalue weighted by Crippen LogP contribution is 2.31. The number of hydrogen-bond donors (Lipinski definition) is 19. The number of thioether (sulfide) groups is 1. The number of para-hydroxylation sites is 2. The van der Waals surface area contributed by atoms with Crippen LogP contribution in [0.2, 0.25) is 0 Å². The summed E-state index contributed by atoms with van der Waals surface area (Å²) in [4.78, 5) is 289. The molecule has 19 amide bonds. The number of hydrogen-bond acceptors (Lipinski definition) is 25. The molecule has 148 heavy (non-hydrogen) atoms. The Hall–Kier alpha value is -14.6. The number of carboxylic acid groups (broad SMARTS) is 1. The number of nitrogens with one attached hydrogen (secondary N) is 13. The second-order valence-electron chi connectivity index (χ2n) is 38.3. The van der Waals surface area contributed by atoms with Crippen LogP contribution in [-0.2, 0) is 119 Å². The molecule has 5 heterocycles. The summed E-state index contributed by atoms with van der Waals surface area (Å²) in [6.07, 6.45) is 0.283. The van der Waals surface area contributed by atoms with Gasteiger partial charge in [-0.15, -0.1) is 11.8 Å². The van der Waals surface area contributed by atoms with Crippen molar-refractivity contribution in [2.75, 3.05) is 79.6 Å². The maximum absolute atomic E-state index is 16.1. The van der Waals surface area contributed by atoms with Gasteiger partial charge >= 0.3 is 12.0 Å². The Morgan fingerprint density at radius 1 is 0.547 bits per heavy atom. The van der Waals surface area contributed by atoms with Crippen molar-refractivity contribution in [1.29, 1.82) is 0 Å². The molecule has 47 heteroatoms. The third kappa shape index (κ3) is 32.7. The molecule has 46 nitrogen and oxygen atoms in total. The highest BCUT2D eigenvalue weighted by molar-refractivity contribution is 8.00. The summed E-state index contributed by atoms with van der Waals surface area (Å²) in [5.74, 6) is -18.9. The lowest BCUT2D eigenvalue weighted by Gasteiger charge is -2.36. The topological polar surface area (TPSA) is 663 Å². The monoisotopic (exact) mass is 2080 g/mol. The molecule has 3 saturated heterocycles. The molecule has 2 aromatic heterocycles. The number of ether oxygens (including phenoxy) is 2. The molecule has 15 atom stereocenters. The summed E-state index contributed by atoms with van der Waals surface area (Å²) in [6.45, 7) is 8.66. The predicted octanol–water partition coefficient (Wildman–Crippen LogP) is -0.681. The van der Waals surface area contributed by atoms with Gasteiger partial charge in [-0.3, -0.25) is 86.3 Å². The minimum Gasteiger partial charge on any atom is -0.508 e. The van der Waals surface area contributed by atoms with Crippen LogP contribution in [0.25, 0.3) is 21.8 Å². The number of aromatic amines is 1. The molecule has 0 bridgehead atoms. The Balaban J connectivity index is 1.13. The average Bonchev–Trinajstić information content (AvgIpc) is 1.64. The minimum absolute atomic E-state index is 0.0112. The van der Waals surface area contributed by atoms with Crippen molar-refractivity contribution in [3.8, 4) is 17.2 Å². The third-order valence-electron chi connectivity index (χ3n) is 26.2. The van der Waals surface area contributed by atoms with Gasteiger partial charge in [-0.2, -0.15) is 0 Å². The molecule has 0 radical (unpaired) electrons. The number of carbonyl (C=O) groups is 19. The minimum atomic E-state index is -1.85. The van der Waals surface area contributed by atoms with Gasteiger partial charge in [-0.25, -0.2) is 4.79 Å². The smallest absolute Gasteiger partial charge is 0.323 e. The first kappa shape index (κ1) is 117. The van der Waals surface area contributed by atoms with E-state index < -0.39 is 266 Å². The van der Waals surface area contributed by atoms with Gasteiger partial charge in [-0.05, 0) is 123 Å². The molecule has 6 aromatic rings. The second kappa shape index (κ2) is 55.8. The summed E-state index contributed by atoms with van der Waals surface area (Å²) in [7, 11) is 6.73. The molecule has 22 N–H and O–H groups in total. The lowest BCUT2D eigenvalue weighted by Crippen LogP contribution is -2.62. The summed E-state index contributed by atoms with van der Waals surface area (Å²) < 4.78 is 12.3. The Morgan fingerprint density at radius 3 is 1.78 bits per heavy atom. The van der Waals surface area contributed by atoms with E-state index in [1.54, 1.807) is 101 Å². The van der Waals surface area contributed by atoms with E-state index in [1.807, 2.05) is 13.8 Å². The Kier molecular flexibility index (Phi) is 44.1. The lowest BCUT2D eigenvalue weighted by molar-refractivity contribution is -0.149. The van der Waals surface area contributed by atoms with Crippen LogP contribution in [0.15, 0.2) is 103 Å². The SMILES string of the molecule is CCCC[C@H]1C(=O)N(C)[C@@H](CCCC)C(=O)N[C@@H](CC(C)C)C(=O)N[C@H](C(=O)NCC(N)=O)CSCC(=O)N[C@@H](Cc2ccc(O)cc2)C(=O)N(C)[C@@H](C)C(=O)N[C@@H](CC(N)=O)C(=O)N2CCC[C@H]2C(=O)N[C@@H](CNC(=O)NCc2ccc(OC)cc2OC)C(=O)N[C@@H](CC(C)C)C(=O)N2C[C@H](O)C[C@H]2C(=O)N[C@@H](Cc2c[nH]c3ccccc23)C(=O)N[C@@H](CCN)C(=O)N[C@@H](Cc2cn(CC(=O)O)c3ccccc23)C(=O)N1C. The number of aromatic nitrogens is 2. The fourth-order valence-electron chi connectivity index (χ4n) is 18.2. The number of fused-ring (bicyclic) bond motifs is 4. The van der Waals surface area contributed by atoms with Crippen molar-refractivity contribution in [1.82, 2.24) is 97.9 Å². The van der Waals surface area contributed by atoms with Crippen LogP contribution in [0.5, 0.6) is 17.2 Å². The van der Waals surface area contributed by atoms with Gasteiger partial charge in [0.1, 0.15) is 108 Å². The number of benzene rings is 4. The first-order valence-corrected chi connectivity index (χ1v) is 50.8. The van der Waals surface area contributed by atoms with E-state index in [0.717, 1.165) is 36.3 Å². The number of phenolic OH excluding ortho intramolecular Hbond substituents is 1. The number of aromatic hydroxyl groups is 1. The molecule has 0 spiro atoms. The van der Waals surface area contributed by atoms with Gasteiger partial charge in [0.05, 0.1) is 39.0 Å². The Bertz CT molecular complexity index is 5740. The van der Waals surface area contributed by atoms with Crippen LogP contribution >= 0.6 is 11.8 Å². The zero-order chi connectivity index (χ0) is 109. The van der Waals surface area contributed by atoms with Crippen LogP contribution in [0.3, 0.4) is 0 Å². The number of H-pyrrole nitrogens is 1. The van der Waals surface area contributed by atoms with E-state index in [0.29, 0.717) is 81.2 Å². The zero-order valence-electron chi connectivity index (χ0n) is 85.5. The normalized spacial score (nSPS) is 23.6. The number of primary amides is 2. The van der Waals surface area contributed by atoms with Gasteiger partial charge in [0, 0.05) is 125 Å². The number of methoxy groups -OCH3 is 2. The van der Waals surface area contributed by atoms with E-state index in [9.17, 15) is 58.5 Å². The molecular formula is C101H142N22O24S. The Labute approximate surface area is 861 Å². The number of aliphatic hydroxyl groups is 1. The number of urea groups is 1. The number of likely N-dealkylation sites (N-methyl/N-ethyl adjacent to an activating group) is 3. The fourth-order valence-corrected chi connectivity index (χ4v) is 19.1. The molecule has 0 unspecified atom stereocenters. The van der Waals surface area contributed by atoms with Crippen molar-refractivity contribution in [2.45, 2.75) is 255 Å². The van der Waals surface area contributed by atoms with Crippen LogP contribution in [0.4, 0.5) is 4.79 Å². The molecule has 0 saturated carbocycles. The highest BCUT2D eigenvalue weighted by Gasteiger charge is 2.47. The van der Waals surface area contributed by atoms with Crippen LogP contribution in [0.1, 0.15) is 154 Å². The summed E-state index contributed by atoms with van der Waals surface area (Å²) in [6, 6.07) is 0.736. The van der Waals surface area contributed by atoms with Crippen LogP contribution in [-0.4, -0.2) is 332 Å². The lowest BCUT2D eigenvalue weighted by atomic mass is 9.99. The van der Waals surface area contributed by atoms with Crippen molar-refractivity contribution in [2.24, 2.45) is 29.0 Å². The number of aliphatic hydroxyl groups excluding tert-OH is 1.